The lowest BCUT2D eigenvalue weighted by atomic mass is 9.98. The van der Waals surface area contributed by atoms with E-state index in [2.05, 4.69) is 10.6 Å². The van der Waals surface area contributed by atoms with Crippen molar-refractivity contribution in [3.05, 3.63) is 59.7 Å². The van der Waals surface area contributed by atoms with Crippen molar-refractivity contribution in [2.75, 3.05) is 6.61 Å². The molecule has 186 valence electrons. The fourth-order valence-corrected chi connectivity index (χ4v) is 5.17. The molecular weight excluding hydrogens is 458 g/mol. The number of carboxylic acids is 1. The van der Waals surface area contributed by atoms with Gasteiger partial charge in [0.25, 0.3) is 0 Å². The minimum atomic E-state index is -2.82. The molecule has 9 heteroatoms. The van der Waals surface area contributed by atoms with Gasteiger partial charge >= 0.3 is 12.1 Å². The van der Waals surface area contributed by atoms with Crippen LogP contribution in [-0.2, 0) is 14.3 Å². The van der Waals surface area contributed by atoms with Crippen LogP contribution in [0.1, 0.15) is 49.1 Å². The van der Waals surface area contributed by atoms with E-state index in [1.165, 1.54) is 0 Å². The summed E-state index contributed by atoms with van der Waals surface area (Å²) in [6.07, 6.45) is -2.81. The zero-order valence-corrected chi connectivity index (χ0v) is 19.1. The molecule has 0 spiro atoms. The molecule has 2 aliphatic rings. The van der Waals surface area contributed by atoms with Crippen molar-refractivity contribution in [3.63, 3.8) is 0 Å². The molecule has 1 fully saturated rings. The van der Waals surface area contributed by atoms with Crippen molar-refractivity contribution < 1.29 is 33.0 Å². The van der Waals surface area contributed by atoms with Gasteiger partial charge in [-0.1, -0.05) is 55.0 Å². The lowest BCUT2D eigenvalue weighted by molar-refractivity contribution is -0.138. The molecule has 0 radical (unpaired) electrons. The highest BCUT2D eigenvalue weighted by Crippen LogP contribution is 2.44. The third-order valence-corrected chi connectivity index (χ3v) is 6.79. The first-order valence-corrected chi connectivity index (χ1v) is 11.7. The summed E-state index contributed by atoms with van der Waals surface area (Å²) in [7, 11) is 0. The molecule has 2 aromatic carbocycles. The molecule has 1 saturated carbocycles. The number of alkyl halides is 2. The normalized spacial score (nSPS) is 19.6. The maximum absolute atomic E-state index is 13.2. The van der Waals surface area contributed by atoms with Crippen LogP contribution in [0.4, 0.5) is 13.6 Å². The number of fused-ring (bicyclic) bond motifs is 3. The fourth-order valence-electron chi connectivity index (χ4n) is 5.17. The van der Waals surface area contributed by atoms with Crippen LogP contribution in [0.2, 0.25) is 0 Å². The van der Waals surface area contributed by atoms with E-state index in [0.717, 1.165) is 28.7 Å². The Bertz CT molecular complexity index is 1050. The first-order chi connectivity index (χ1) is 16.8. The molecule has 2 aromatic rings. The number of benzene rings is 2. The summed E-state index contributed by atoms with van der Waals surface area (Å²) in [5.74, 6) is -2.21. The number of carboxylic acid groups (broad SMARTS) is 1. The summed E-state index contributed by atoms with van der Waals surface area (Å²) < 4.78 is 31.7. The highest BCUT2D eigenvalue weighted by Gasteiger charge is 2.34. The van der Waals surface area contributed by atoms with Crippen LogP contribution >= 0.6 is 0 Å². The van der Waals surface area contributed by atoms with Gasteiger partial charge in [0, 0.05) is 18.4 Å². The van der Waals surface area contributed by atoms with E-state index in [0.29, 0.717) is 12.8 Å². The predicted octanol–water partition coefficient (Wildman–Crippen LogP) is 4.31. The third-order valence-electron chi connectivity index (χ3n) is 6.79. The monoisotopic (exact) mass is 486 g/mol. The molecule has 0 saturated heterocycles. The molecule has 0 aliphatic heterocycles. The van der Waals surface area contributed by atoms with E-state index in [-0.39, 0.29) is 24.9 Å². The van der Waals surface area contributed by atoms with Crippen molar-refractivity contribution in [1.29, 1.82) is 0 Å². The highest BCUT2D eigenvalue weighted by atomic mass is 19.3. The average molecular weight is 487 g/mol. The van der Waals surface area contributed by atoms with Gasteiger partial charge in [0.1, 0.15) is 12.6 Å². The Balaban J connectivity index is 1.38. The van der Waals surface area contributed by atoms with Crippen LogP contribution in [0, 0.1) is 5.92 Å². The minimum absolute atomic E-state index is 0.00775. The number of alkyl carbamates (subject to hydrolysis) is 1. The number of carbonyl (C=O) groups is 3. The number of hydrogen-bond acceptors (Lipinski definition) is 4. The number of ether oxygens (including phenoxy) is 1. The standard InChI is InChI=1S/C26H28F2N2O5/c27-23(28)13-22(25(33)29-21-11-5-6-15(21)12-24(31)32)30-26(34)35-14-20-18-9-3-1-7-16(18)17-8-2-4-10-19(17)20/h1-4,7-10,15,20-23H,5-6,11-14H2,(H,29,33)(H,30,34)(H,31,32). The quantitative estimate of drug-likeness (QED) is 0.490. The second-order valence-corrected chi connectivity index (χ2v) is 9.05. The van der Waals surface area contributed by atoms with Crippen molar-refractivity contribution >= 4 is 18.0 Å². The predicted molar refractivity (Wildman–Crippen MR) is 124 cm³/mol. The van der Waals surface area contributed by atoms with Crippen molar-refractivity contribution in [2.24, 2.45) is 5.92 Å². The van der Waals surface area contributed by atoms with Gasteiger partial charge in [-0.05, 0) is 41.0 Å². The molecule has 0 aromatic heterocycles. The summed E-state index contributed by atoms with van der Waals surface area (Å²) in [5, 5.41) is 14.0. The summed E-state index contributed by atoms with van der Waals surface area (Å²) in [6.45, 7) is -0.00775. The lowest BCUT2D eigenvalue weighted by Gasteiger charge is -2.24. The van der Waals surface area contributed by atoms with Gasteiger partial charge in [-0.15, -0.1) is 0 Å². The van der Waals surface area contributed by atoms with Gasteiger partial charge in [-0.25, -0.2) is 13.6 Å². The summed E-state index contributed by atoms with van der Waals surface area (Å²) in [4.78, 5) is 36.3. The maximum atomic E-state index is 13.2. The second-order valence-electron chi connectivity index (χ2n) is 9.05. The Kier molecular flexibility index (Phi) is 7.63. The molecule has 2 amide bonds. The minimum Gasteiger partial charge on any atom is -0.481 e. The first kappa shape index (κ1) is 24.6. The fraction of sp³-hybridized carbons (Fsp3) is 0.423. The average Bonchev–Trinajstić information content (AvgIpc) is 3.38. The molecule has 3 N–H and O–H groups in total. The number of halogens is 2. The summed E-state index contributed by atoms with van der Waals surface area (Å²) in [5.41, 5.74) is 4.13. The zero-order valence-electron chi connectivity index (χ0n) is 19.1. The van der Waals surface area contributed by atoms with E-state index in [1.54, 1.807) is 0 Å². The van der Waals surface area contributed by atoms with E-state index < -0.39 is 42.9 Å². The van der Waals surface area contributed by atoms with Crippen LogP contribution in [0.25, 0.3) is 11.1 Å². The van der Waals surface area contributed by atoms with Crippen LogP contribution in [0.15, 0.2) is 48.5 Å². The molecule has 0 heterocycles. The Hall–Kier alpha value is -3.49. The zero-order chi connectivity index (χ0) is 24.9. The lowest BCUT2D eigenvalue weighted by Crippen LogP contribution is -2.51. The van der Waals surface area contributed by atoms with E-state index in [4.69, 9.17) is 9.84 Å². The molecule has 7 nitrogen and oxygen atoms in total. The van der Waals surface area contributed by atoms with Gasteiger partial charge in [0.05, 0.1) is 6.42 Å². The first-order valence-electron chi connectivity index (χ1n) is 11.7. The molecule has 4 rings (SSSR count). The smallest absolute Gasteiger partial charge is 0.407 e. The molecule has 3 unspecified atom stereocenters. The summed E-state index contributed by atoms with van der Waals surface area (Å²) in [6, 6.07) is 13.7. The van der Waals surface area contributed by atoms with E-state index >= 15 is 0 Å². The summed E-state index contributed by atoms with van der Waals surface area (Å²) >= 11 is 0. The second kappa shape index (κ2) is 10.8. The van der Waals surface area contributed by atoms with E-state index in [9.17, 15) is 23.2 Å². The Labute approximate surface area is 201 Å². The SMILES string of the molecule is O=C(O)CC1CCCC1NC(=O)C(CC(F)F)NC(=O)OCC1c2ccccc2-c2ccccc21. The topological polar surface area (TPSA) is 105 Å². The van der Waals surface area contributed by atoms with Crippen LogP contribution in [0.3, 0.4) is 0 Å². The van der Waals surface area contributed by atoms with Crippen LogP contribution in [0.5, 0.6) is 0 Å². The number of amides is 2. The Morgan fingerprint density at radius 2 is 1.63 bits per heavy atom. The van der Waals surface area contributed by atoms with Crippen molar-refractivity contribution in [1.82, 2.24) is 10.6 Å². The number of nitrogens with one attached hydrogen (secondary N) is 2. The maximum Gasteiger partial charge on any atom is 0.407 e. The third kappa shape index (κ3) is 5.78. The van der Waals surface area contributed by atoms with Gasteiger partial charge in [0.15, 0.2) is 0 Å². The number of aliphatic carboxylic acids is 1. The Morgan fingerprint density at radius 3 is 2.23 bits per heavy atom. The van der Waals surface area contributed by atoms with Crippen molar-refractivity contribution in [2.45, 2.75) is 56.5 Å². The molecule has 3 atom stereocenters. The van der Waals surface area contributed by atoms with Crippen LogP contribution in [-0.4, -0.2) is 48.2 Å². The van der Waals surface area contributed by atoms with Crippen LogP contribution < -0.4 is 10.6 Å². The molecule has 0 bridgehead atoms. The largest absolute Gasteiger partial charge is 0.481 e. The van der Waals surface area contributed by atoms with Crippen molar-refractivity contribution in [3.8, 4) is 11.1 Å². The molecule has 35 heavy (non-hydrogen) atoms. The van der Waals surface area contributed by atoms with Gasteiger partial charge in [-0.3, -0.25) is 9.59 Å². The number of rotatable bonds is 9. The molecule has 2 aliphatic carbocycles. The number of carbonyl (C=O) groups excluding carboxylic acids is 2. The van der Waals surface area contributed by atoms with Gasteiger partial charge in [0.2, 0.25) is 12.3 Å². The van der Waals surface area contributed by atoms with Gasteiger partial charge < -0.3 is 20.5 Å². The molecular formula is C26H28F2N2O5. The highest BCUT2D eigenvalue weighted by molar-refractivity contribution is 5.86. The van der Waals surface area contributed by atoms with Gasteiger partial charge in [-0.2, -0.15) is 0 Å². The number of hydrogen-bond donors (Lipinski definition) is 3. The van der Waals surface area contributed by atoms with E-state index in [1.807, 2.05) is 48.5 Å². The Morgan fingerprint density at radius 1 is 1.00 bits per heavy atom.